The van der Waals surface area contributed by atoms with Crippen LogP contribution in [0.4, 0.5) is 0 Å². The Labute approximate surface area is 142 Å². The highest BCUT2D eigenvalue weighted by atomic mass is 16.4. The monoisotopic (exact) mass is 336 g/mol. The molecule has 0 bridgehead atoms. The standard InChI is InChI=1S/C18H15N3O4/c22-15(19-10-12-6-2-1-3-7-12)11-21-17(23)14-9-5-4-8-13(14)16(20-21)18(24)25/h1-9H,10-11H2,(H,19,22)(H,24,25)/p-1. The Morgan fingerprint density at radius 2 is 1.64 bits per heavy atom. The molecule has 0 fully saturated rings. The highest BCUT2D eigenvalue weighted by Gasteiger charge is 2.13. The Morgan fingerprint density at radius 1 is 1.00 bits per heavy atom. The lowest BCUT2D eigenvalue weighted by Crippen LogP contribution is -2.36. The summed E-state index contributed by atoms with van der Waals surface area (Å²) in [6.07, 6.45) is 0. The zero-order chi connectivity index (χ0) is 17.8. The molecule has 0 spiro atoms. The molecule has 0 saturated carbocycles. The predicted octanol–water partition coefficient (Wildman–Crippen LogP) is 0.0764. The van der Waals surface area contributed by atoms with Gasteiger partial charge in [0.25, 0.3) is 5.56 Å². The molecule has 7 heteroatoms. The fourth-order valence-corrected chi connectivity index (χ4v) is 2.48. The maximum atomic E-state index is 12.4. The quantitative estimate of drug-likeness (QED) is 0.710. The zero-order valence-corrected chi connectivity index (χ0v) is 13.1. The van der Waals surface area contributed by atoms with Crippen LogP contribution < -0.4 is 16.0 Å². The molecule has 0 aliphatic rings. The summed E-state index contributed by atoms with van der Waals surface area (Å²) < 4.78 is 0.841. The molecule has 0 unspecified atom stereocenters. The van der Waals surface area contributed by atoms with E-state index in [1.165, 1.54) is 12.1 Å². The van der Waals surface area contributed by atoms with Crippen LogP contribution >= 0.6 is 0 Å². The number of hydrogen-bond donors (Lipinski definition) is 1. The summed E-state index contributed by atoms with van der Waals surface area (Å²) in [5, 5.41) is 18.1. The number of rotatable bonds is 5. The number of nitrogens with zero attached hydrogens (tertiary/aromatic N) is 2. The number of fused-ring (bicyclic) bond motifs is 1. The fourth-order valence-electron chi connectivity index (χ4n) is 2.48. The number of hydrogen-bond acceptors (Lipinski definition) is 5. The molecule has 25 heavy (non-hydrogen) atoms. The molecule has 0 radical (unpaired) electrons. The summed E-state index contributed by atoms with van der Waals surface area (Å²) >= 11 is 0. The lowest BCUT2D eigenvalue weighted by molar-refractivity contribution is -0.255. The van der Waals surface area contributed by atoms with Crippen molar-refractivity contribution >= 4 is 22.6 Å². The summed E-state index contributed by atoms with van der Waals surface area (Å²) in [6.45, 7) is -0.0773. The second-order valence-corrected chi connectivity index (χ2v) is 5.41. The Balaban J connectivity index is 1.86. The normalized spacial score (nSPS) is 10.6. The van der Waals surface area contributed by atoms with E-state index in [9.17, 15) is 19.5 Å². The van der Waals surface area contributed by atoms with Crippen molar-refractivity contribution < 1.29 is 14.7 Å². The minimum absolute atomic E-state index is 0.174. The van der Waals surface area contributed by atoms with Crippen molar-refractivity contribution in [3.05, 3.63) is 76.2 Å². The molecule has 126 valence electrons. The van der Waals surface area contributed by atoms with Gasteiger partial charge in [-0.1, -0.05) is 48.5 Å². The number of amides is 1. The third-order valence-corrected chi connectivity index (χ3v) is 3.69. The van der Waals surface area contributed by atoms with Gasteiger partial charge >= 0.3 is 0 Å². The molecule has 1 aromatic heterocycles. The van der Waals surface area contributed by atoms with Crippen molar-refractivity contribution in [1.29, 1.82) is 0 Å². The zero-order valence-electron chi connectivity index (χ0n) is 13.1. The SMILES string of the molecule is O=C(Cn1nc(C(=O)[O-])c2ccccc2c1=O)NCc1ccccc1. The van der Waals surface area contributed by atoms with Gasteiger partial charge in [0.15, 0.2) is 0 Å². The maximum Gasteiger partial charge on any atom is 0.275 e. The molecule has 2 aromatic carbocycles. The molecular formula is C18H14N3O4-. The predicted molar refractivity (Wildman–Crippen MR) is 88.6 cm³/mol. The van der Waals surface area contributed by atoms with Crippen LogP contribution in [0.15, 0.2) is 59.4 Å². The van der Waals surface area contributed by atoms with Crippen LogP contribution in [0.1, 0.15) is 16.1 Å². The van der Waals surface area contributed by atoms with Gasteiger partial charge in [0.2, 0.25) is 5.91 Å². The summed E-state index contributed by atoms with van der Waals surface area (Å²) in [5.41, 5.74) is 0.00612. The molecule has 0 saturated heterocycles. The minimum Gasteiger partial charge on any atom is -0.543 e. The number of nitrogens with one attached hydrogen (secondary N) is 1. The van der Waals surface area contributed by atoms with Crippen molar-refractivity contribution in [2.75, 3.05) is 0 Å². The summed E-state index contributed by atoms with van der Waals surface area (Å²) in [6, 6.07) is 15.5. The number of aromatic nitrogens is 2. The molecule has 0 aliphatic carbocycles. The van der Waals surface area contributed by atoms with Crippen LogP contribution in [0, 0.1) is 0 Å². The minimum atomic E-state index is -1.50. The summed E-state index contributed by atoms with van der Waals surface area (Å²) in [4.78, 5) is 35.8. The van der Waals surface area contributed by atoms with Gasteiger partial charge in [-0.25, -0.2) is 4.68 Å². The molecular weight excluding hydrogens is 322 g/mol. The van der Waals surface area contributed by atoms with Gasteiger partial charge in [0.1, 0.15) is 12.2 Å². The molecule has 0 atom stereocenters. The average molecular weight is 336 g/mol. The molecule has 1 amide bonds. The Morgan fingerprint density at radius 3 is 2.32 bits per heavy atom. The van der Waals surface area contributed by atoms with E-state index in [1.807, 2.05) is 30.3 Å². The topological polar surface area (TPSA) is 104 Å². The van der Waals surface area contributed by atoms with Crippen LogP contribution in [0.25, 0.3) is 10.8 Å². The molecule has 1 heterocycles. The van der Waals surface area contributed by atoms with E-state index in [4.69, 9.17) is 0 Å². The van der Waals surface area contributed by atoms with Crippen LogP contribution in [0.5, 0.6) is 0 Å². The van der Waals surface area contributed by atoms with Crippen molar-refractivity contribution in [3.63, 3.8) is 0 Å². The highest BCUT2D eigenvalue weighted by Crippen LogP contribution is 2.12. The molecule has 0 aliphatic heterocycles. The molecule has 7 nitrogen and oxygen atoms in total. The largest absolute Gasteiger partial charge is 0.543 e. The van der Waals surface area contributed by atoms with E-state index < -0.39 is 17.4 Å². The molecule has 3 aromatic rings. The second kappa shape index (κ2) is 6.96. The maximum absolute atomic E-state index is 12.4. The number of aromatic carboxylic acids is 1. The van der Waals surface area contributed by atoms with Gasteiger partial charge < -0.3 is 15.2 Å². The first-order chi connectivity index (χ1) is 12.1. The van der Waals surface area contributed by atoms with Gasteiger partial charge in [-0.15, -0.1) is 0 Å². The number of carbonyl (C=O) groups is 2. The fraction of sp³-hybridized carbons (Fsp3) is 0.111. The highest BCUT2D eigenvalue weighted by molar-refractivity contribution is 6.00. The van der Waals surface area contributed by atoms with E-state index in [0.717, 1.165) is 10.2 Å². The molecule has 1 N–H and O–H groups in total. The van der Waals surface area contributed by atoms with E-state index in [2.05, 4.69) is 10.4 Å². The van der Waals surface area contributed by atoms with Crippen LogP contribution in [0.2, 0.25) is 0 Å². The van der Waals surface area contributed by atoms with Crippen molar-refractivity contribution in [1.82, 2.24) is 15.1 Å². The molecule has 3 rings (SSSR count). The first-order valence-electron chi connectivity index (χ1n) is 7.58. The van der Waals surface area contributed by atoms with Crippen LogP contribution in [-0.4, -0.2) is 21.7 Å². The van der Waals surface area contributed by atoms with Crippen LogP contribution in [0.3, 0.4) is 0 Å². The smallest absolute Gasteiger partial charge is 0.275 e. The number of benzene rings is 2. The van der Waals surface area contributed by atoms with Gasteiger partial charge in [-0.3, -0.25) is 9.59 Å². The first-order valence-corrected chi connectivity index (χ1v) is 7.58. The van der Waals surface area contributed by atoms with E-state index >= 15 is 0 Å². The van der Waals surface area contributed by atoms with Crippen LogP contribution in [-0.2, 0) is 17.9 Å². The van der Waals surface area contributed by atoms with E-state index in [-0.39, 0.29) is 23.0 Å². The number of carbonyl (C=O) groups excluding carboxylic acids is 2. The van der Waals surface area contributed by atoms with Gasteiger partial charge in [-0.05, 0) is 11.6 Å². The van der Waals surface area contributed by atoms with Gasteiger partial charge in [-0.2, -0.15) is 5.10 Å². The summed E-state index contributed by atoms with van der Waals surface area (Å²) in [7, 11) is 0. The average Bonchev–Trinajstić information content (AvgIpc) is 2.63. The second-order valence-electron chi connectivity index (χ2n) is 5.41. The summed E-state index contributed by atoms with van der Waals surface area (Å²) in [5.74, 6) is -1.95. The van der Waals surface area contributed by atoms with E-state index in [0.29, 0.717) is 6.54 Å². The Kier molecular flexibility index (Phi) is 4.56. The Bertz CT molecular complexity index is 996. The third-order valence-electron chi connectivity index (χ3n) is 3.69. The van der Waals surface area contributed by atoms with Crippen molar-refractivity contribution in [2.24, 2.45) is 0 Å². The third kappa shape index (κ3) is 3.55. The first kappa shape index (κ1) is 16.4. The van der Waals surface area contributed by atoms with E-state index in [1.54, 1.807) is 12.1 Å². The van der Waals surface area contributed by atoms with Crippen molar-refractivity contribution in [3.8, 4) is 0 Å². The van der Waals surface area contributed by atoms with Gasteiger partial charge in [0.05, 0.1) is 11.4 Å². The van der Waals surface area contributed by atoms with Crippen molar-refractivity contribution in [2.45, 2.75) is 13.1 Å². The number of carboxylic acids is 1. The number of carboxylic acid groups (broad SMARTS) is 1. The Hall–Kier alpha value is -3.48. The van der Waals surface area contributed by atoms with Gasteiger partial charge in [0, 0.05) is 11.9 Å². The lowest BCUT2D eigenvalue weighted by Gasteiger charge is -2.11. The lowest BCUT2D eigenvalue weighted by atomic mass is 10.1.